The molecule has 12 nitrogen and oxygen atoms in total. The Bertz CT molecular complexity index is 1420. The molecule has 5 atom stereocenters. The van der Waals surface area contributed by atoms with E-state index in [4.69, 9.17) is 9.47 Å². The molecule has 0 radical (unpaired) electrons. The number of carbonyl (C=O) groups is 4. The number of fused-ring (bicyclic) bond motifs is 2. The Morgan fingerprint density at radius 2 is 1.91 bits per heavy atom. The van der Waals surface area contributed by atoms with E-state index >= 15 is 0 Å². The molecule has 1 aromatic carbocycles. The van der Waals surface area contributed by atoms with E-state index in [0.29, 0.717) is 25.0 Å². The highest BCUT2D eigenvalue weighted by atomic mass is 16.6. The highest BCUT2D eigenvalue weighted by Crippen LogP contribution is 2.46. The number of ether oxygens (including phenoxy) is 2. The number of carbonyl (C=O) groups excluding carboxylic acids is 4. The molecule has 3 aliphatic rings. The molecule has 0 spiro atoms. The Morgan fingerprint density at radius 1 is 1.13 bits per heavy atom. The molecular formula is C33H44N6O6. The molecule has 1 saturated heterocycles. The maximum atomic E-state index is 14.2. The first-order valence-electron chi connectivity index (χ1n) is 15.9. The van der Waals surface area contributed by atoms with Gasteiger partial charge in [0.25, 0.3) is 0 Å². The summed E-state index contributed by atoms with van der Waals surface area (Å²) >= 11 is 0. The second-order valence-electron chi connectivity index (χ2n) is 13.1. The first-order valence-corrected chi connectivity index (χ1v) is 15.9. The van der Waals surface area contributed by atoms with Crippen molar-refractivity contribution in [2.75, 3.05) is 13.2 Å². The molecule has 242 valence electrons. The highest BCUT2D eigenvalue weighted by molar-refractivity contribution is 5.96. The van der Waals surface area contributed by atoms with Crippen molar-refractivity contribution in [1.29, 1.82) is 0 Å². The minimum absolute atomic E-state index is 0.155. The van der Waals surface area contributed by atoms with Gasteiger partial charge in [0.1, 0.15) is 28.9 Å². The second-order valence-corrected chi connectivity index (χ2v) is 13.1. The molecule has 1 aromatic heterocycles. The van der Waals surface area contributed by atoms with Crippen LogP contribution in [0, 0.1) is 5.92 Å². The smallest absolute Gasteiger partial charge is 0.408 e. The Balaban J connectivity index is 1.45. The topological polar surface area (TPSA) is 145 Å². The number of alkyl carbamates (subject to hydrolysis) is 1. The number of allylic oxidation sites excluding steroid dienone is 1. The number of esters is 1. The molecule has 3 heterocycles. The van der Waals surface area contributed by atoms with Crippen molar-refractivity contribution >= 4 is 23.9 Å². The predicted octanol–water partition coefficient (Wildman–Crippen LogP) is 3.94. The van der Waals surface area contributed by atoms with Crippen LogP contribution in [0.3, 0.4) is 0 Å². The van der Waals surface area contributed by atoms with Crippen molar-refractivity contribution < 1.29 is 28.7 Å². The van der Waals surface area contributed by atoms with Gasteiger partial charge in [0.05, 0.1) is 18.8 Å². The highest BCUT2D eigenvalue weighted by Gasteiger charge is 2.62. The summed E-state index contributed by atoms with van der Waals surface area (Å²) in [6.45, 7) is 7.36. The van der Waals surface area contributed by atoms with E-state index < -0.39 is 47.2 Å². The normalized spacial score (nSPS) is 28.0. The predicted molar refractivity (Wildman–Crippen MR) is 166 cm³/mol. The third kappa shape index (κ3) is 7.54. The van der Waals surface area contributed by atoms with E-state index in [1.807, 2.05) is 42.5 Å². The zero-order valence-corrected chi connectivity index (χ0v) is 26.5. The molecule has 2 aromatic rings. The second kappa shape index (κ2) is 13.4. The van der Waals surface area contributed by atoms with Crippen LogP contribution in [0.25, 0.3) is 11.3 Å². The number of nitrogens with one attached hydrogen (secondary N) is 2. The maximum Gasteiger partial charge on any atom is 0.408 e. The number of hydrogen-bond acceptors (Lipinski definition) is 8. The van der Waals surface area contributed by atoms with Gasteiger partial charge in [-0.2, -0.15) is 15.0 Å². The van der Waals surface area contributed by atoms with Crippen molar-refractivity contribution in [3.05, 3.63) is 48.7 Å². The van der Waals surface area contributed by atoms with E-state index in [0.717, 1.165) is 24.8 Å². The average molecular weight is 621 g/mol. The molecule has 2 fully saturated rings. The van der Waals surface area contributed by atoms with Gasteiger partial charge in [-0.15, -0.1) is 0 Å². The number of hydrogen-bond donors (Lipinski definition) is 2. The van der Waals surface area contributed by atoms with Crippen molar-refractivity contribution in [1.82, 2.24) is 30.5 Å². The van der Waals surface area contributed by atoms with Crippen LogP contribution in [0.4, 0.5) is 4.79 Å². The molecule has 0 unspecified atom stereocenters. The van der Waals surface area contributed by atoms with Crippen LogP contribution in [0.15, 0.2) is 48.7 Å². The van der Waals surface area contributed by atoms with Crippen LogP contribution in [-0.2, 0) is 23.9 Å². The lowest BCUT2D eigenvalue weighted by Gasteiger charge is -2.30. The molecule has 12 heteroatoms. The van der Waals surface area contributed by atoms with Crippen LogP contribution in [-0.4, -0.2) is 80.1 Å². The molecule has 2 aliphatic heterocycles. The van der Waals surface area contributed by atoms with Crippen LogP contribution >= 0.6 is 0 Å². The minimum atomic E-state index is -1.17. The zero-order valence-electron chi connectivity index (χ0n) is 26.5. The van der Waals surface area contributed by atoms with Crippen LogP contribution < -0.4 is 10.6 Å². The Morgan fingerprint density at radius 3 is 2.64 bits per heavy atom. The quantitative estimate of drug-likeness (QED) is 0.378. The van der Waals surface area contributed by atoms with Gasteiger partial charge in [-0.25, -0.2) is 9.59 Å². The third-order valence-electron chi connectivity index (χ3n) is 8.49. The third-order valence-corrected chi connectivity index (χ3v) is 8.49. The molecule has 1 aliphatic carbocycles. The lowest BCUT2D eigenvalue weighted by atomic mass is 10.0. The van der Waals surface area contributed by atoms with Gasteiger partial charge >= 0.3 is 12.1 Å². The molecule has 5 rings (SSSR count). The van der Waals surface area contributed by atoms with E-state index in [1.165, 1.54) is 4.90 Å². The summed E-state index contributed by atoms with van der Waals surface area (Å²) in [5.74, 6) is -1.49. The average Bonchev–Trinajstić information content (AvgIpc) is 3.31. The van der Waals surface area contributed by atoms with Gasteiger partial charge in [0, 0.05) is 24.4 Å². The first-order chi connectivity index (χ1) is 21.5. The van der Waals surface area contributed by atoms with E-state index in [2.05, 4.69) is 20.8 Å². The Kier molecular flexibility index (Phi) is 9.59. The van der Waals surface area contributed by atoms with Crippen LogP contribution in [0.2, 0.25) is 0 Å². The van der Waals surface area contributed by atoms with Crippen molar-refractivity contribution in [3.63, 3.8) is 0 Å². The fourth-order valence-corrected chi connectivity index (χ4v) is 6.13. The molecule has 0 bridgehead atoms. The van der Waals surface area contributed by atoms with Gasteiger partial charge in [-0.1, -0.05) is 55.3 Å². The van der Waals surface area contributed by atoms with E-state index in [1.54, 1.807) is 38.7 Å². The van der Waals surface area contributed by atoms with Crippen molar-refractivity contribution in [2.24, 2.45) is 5.92 Å². The number of aromatic nitrogens is 3. The molecule has 3 amide bonds. The monoisotopic (exact) mass is 620 g/mol. The fourth-order valence-electron chi connectivity index (χ4n) is 6.13. The SMILES string of the molecule is CCOC(=O)[C@@]12C[C@H]1/C=C\CCCCC[C@H](NC(=O)OC(C)(C)C)C(=O)N1C[C@H](n3ncc(-c4ccccc4)n3)C[C@H]1C(=O)N2. The largest absolute Gasteiger partial charge is 0.464 e. The summed E-state index contributed by atoms with van der Waals surface area (Å²) in [5.41, 5.74) is -0.342. The Hall–Kier alpha value is -4.22. The fraction of sp³-hybridized carbons (Fsp3) is 0.576. The minimum Gasteiger partial charge on any atom is -0.464 e. The number of rotatable bonds is 5. The summed E-state index contributed by atoms with van der Waals surface area (Å²) in [6.07, 6.45) is 9.31. The van der Waals surface area contributed by atoms with Gasteiger partial charge in [-0.05, 0) is 53.4 Å². The molecular weight excluding hydrogens is 576 g/mol. The van der Waals surface area contributed by atoms with E-state index in [-0.39, 0.29) is 31.4 Å². The summed E-state index contributed by atoms with van der Waals surface area (Å²) in [6, 6.07) is 7.41. The first kappa shape index (κ1) is 32.2. The van der Waals surface area contributed by atoms with E-state index in [9.17, 15) is 19.2 Å². The van der Waals surface area contributed by atoms with Crippen molar-refractivity contribution in [2.45, 2.75) is 102 Å². The Labute approximate surface area is 263 Å². The standard InChI is InChI=1S/C33H44N6O6/c1-5-44-30(42)33-19-23(33)16-12-7-6-8-13-17-25(35-31(43)45-32(2,3)4)29(41)38-21-24(18-27(38)28(40)36-33)39-34-20-26(37-39)22-14-10-9-11-15-22/h9-12,14-16,20,23-25,27H,5-8,13,17-19,21H2,1-4H3,(H,35,43)(H,36,40)/b16-12-/t23-,24-,25+,27+,33-/m1/s1. The van der Waals surface area contributed by atoms with Gasteiger partial charge < -0.3 is 25.0 Å². The van der Waals surface area contributed by atoms with Crippen LogP contribution in [0.1, 0.15) is 78.7 Å². The molecule has 2 N–H and O–H groups in total. The lowest BCUT2D eigenvalue weighted by Crippen LogP contribution is -2.56. The maximum absolute atomic E-state index is 14.2. The number of amides is 3. The summed E-state index contributed by atoms with van der Waals surface area (Å²) in [4.78, 5) is 57.3. The number of benzene rings is 1. The summed E-state index contributed by atoms with van der Waals surface area (Å²) in [5, 5.41) is 14.9. The summed E-state index contributed by atoms with van der Waals surface area (Å²) < 4.78 is 10.9. The zero-order chi connectivity index (χ0) is 32.2. The summed E-state index contributed by atoms with van der Waals surface area (Å²) in [7, 11) is 0. The number of nitrogens with zero attached hydrogens (tertiary/aromatic N) is 4. The van der Waals surface area contributed by atoms with Crippen molar-refractivity contribution in [3.8, 4) is 11.3 Å². The van der Waals surface area contributed by atoms with Gasteiger partial charge in [-0.3, -0.25) is 9.59 Å². The molecule has 45 heavy (non-hydrogen) atoms. The van der Waals surface area contributed by atoms with Gasteiger partial charge in [0.15, 0.2) is 0 Å². The van der Waals surface area contributed by atoms with Crippen LogP contribution in [0.5, 0.6) is 0 Å². The lowest BCUT2D eigenvalue weighted by molar-refractivity contribution is -0.150. The molecule has 1 saturated carbocycles. The van der Waals surface area contributed by atoms with Gasteiger partial charge in [0.2, 0.25) is 11.8 Å².